The summed E-state index contributed by atoms with van der Waals surface area (Å²) in [6.45, 7) is 0. The SMILES string of the molecule is C[N-]c1nc([NH-])nc([NH-])n1.[Y].[Y].[Y].[Y].[Y]. The predicted octanol–water partition coefficient (Wildman–Crippen LogP) is 1.86. The molecule has 0 unspecified atom stereocenters. The minimum absolute atomic E-state index is 0. The van der Waals surface area contributed by atoms with E-state index in [0.717, 1.165) is 0 Å². The van der Waals surface area contributed by atoms with E-state index < -0.39 is 0 Å². The van der Waals surface area contributed by atoms with Gasteiger partial charge in [0.05, 0.1) is 0 Å². The summed E-state index contributed by atoms with van der Waals surface area (Å²) >= 11 is 0. The first kappa shape index (κ1) is 31.4. The Hall–Kier alpha value is 3.93. The van der Waals surface area contributed by atoms with Crippen molar-refractivity contribution in [3.8, 4) is 0 Å². The molecule has 6 nitrogen and oxygen atoms in total. The van der Waals surface area contributed by atoms with Gasteiger partial charge < -0.3 is 31.7 Å². The van der Waals surface area contributed by atoms with Crippen LogP contribution in [0.1, 0.15) is 0 Å². The van der Waals surface area contributed by atoms with Gasteiger partial charge in [0.25, 0.3) is 0 Å². The molecule has 0 aliphatic heterocycles. The number of rotatable bonds is 1. The molecule has 2 N–H and O–H groups in total. The van der Waals surface area contributed by atoms with Crippen LogP contribution in [0.15, 0.2) is 0 Å². The van der Waals surface area contributed by atoms with Crippen LogP contribution in [-0.2, 0) is 164 Å². The standard InChI is InChI=1S/C4H5N6.5Y/c1-7-4-9-2(5)8-3(6)10-4;;;;;/h1H3,(H2-3,5,6,7,8,9,10);;;;;/q-3;;;;;. The first-order valence-electron chi connectivity index (χ1n) is 2.51. The van der Waals surface area contributed by atoms with Crippen LogP contribution in [0.25, 0.3) is 16.8 Å². The molecule has 1 heterocycles. The minimum atomic E-state index is -0.222. The van der Waals surface area contributed by atoms with Gasteiger partial charge >= 0.3 is 0 Å². The van der Waals surface area contributed by atoms with E-state index in [2.05, 4.69) is 20.3 Å². The molecule has 0 atom stereocenters. The molecule has 1 aromatic heterocycles. The first-order chi connectivity index (χ1) is 4.72. The number of hydrogen-bond donors (Lipinski definition) is 0. The Morgan fingerprint density at radius 2 is 1.13 bits per heavy atom. The third kappa shape index (κ3) is 14.2. The van der Waals surface area contributed by atoms with E-state index in [4.69, 9.17) is 11.5 Å². The van der Waals surface area contributed by atoms with Crippen LogP contribution in [0, 0.1) is 0 Å². The van der Waals surface area contributed by atoms with E-state index in [-0.39, 0.29) is 181 Å². The van der Waals surface area contributed by atoms with Crippen molar-refractivity contribution in [2.75, 3.05) is 7.05 Å². The second-order valence-electron chi connectivity index (χ2n) is 1.51. The second-order valence-corrected chi connectivity index (χ2v) is 1.51. The van der Waals surface area contributed by atoms with E-state index in [1.807, 2.05) is 0 Å². The van der Waals surface area contributed by atoms with Gasteiger partial charge in [0.2, 0.25) is 0 Å². The average Bonchev–Trinajstić information content (AvgIpc) is 1.85. The Labute approximate surface area is 215 Å². The summed E-state index contributed by atoms with van der Waals surface area (Å²) in [7, 11) is 1.49. The van der Waals surface area contributed by atoms with Crippen LogP contribution in [-0.4, -0.2) is 22.0 Å². The molecule has 0 fully saturated rings. The number of nitrogens with zero attached hydrogens (tertiary/aromatic N) is 4. The first-order valence-corrected chi connectivity index (χ1v) is 2.51. The molecule has 0 aromatic carbocycles. The fourth-order valence-electron chi connectivity index (χ4n) is 0.465. The van der Waals surface area contributed by atoms with Gasteiger partial charge in [0.1, 0.15) is 0 Å². The molecule has 0 aliphatic rings. The zero-order valence-corrected chi connectivity index (χ0v) is 22.4. The van der Waals surface area contributed by atoms with Crippen LogP contribution >= 0.6 is 0 Å². The molecule has 0 bridgehead atoms. The van der Waals surface area contributed by atoms with Crippen LogP contribution in [0.2, 0.25) is 0 Å². The fraction of sp³-hybridized carbons (Fsp3) is 0.250. The largest absolute Gasteiger partial charge is 0.410 e. The van der Waals surface area contributed by atoms with Crippen molar-refractivity contribution in [2.45, 2.75) is 0 Å². The number of nitrogens with one attached hydrogen (secondary N) is 2. The third-order valence-electron chi connectivity index (χ3n) is 0.824. The molecule has 69 valence electrons. The zero-order chi connectivity index (χ0) is 7.56. The van der Waals surface area contributed by atoms with Crippen molar-refractivity contribution < 1.29 is 164 Å². The van der Waals surface area contributed by atoms with Crippen molar-refractivity contribution in [1.82, 2.24) is 15.0 Å². The van der Waals surface area contributed by atoms with Gasteiger partial charge in [-0.3, -0.25) is 0 Å². The molecule has 5 radical (unpaired) electrons. The Morgan fingerprint density at radius 3 is 1.40 bits per heavy atom. The van der Waals surface area contributed by atoms with Gasteiger partial charge in [-0.2, -0.15) is 0 Å². The molecular formula is C4H5N6Y5-3. The minimum Gasteiger partial charge on any atom is -0.410 e. The van der Waals surface area contributed by atoms with Gasteiger partial charge in [-0.05, 0) is 7.05 Å². The average molecular weight is 582 g/mol. The summed E-state index contributed by atoms with van der Waals surface area (Å²) in [6.07, 6.45) is 0. The summed E-state index contributed by atoms with van der Waals surface area (Å²) in [6, 6.07) is 0. The van der Waals surface area contributed by atoms with Crippen molar-refractivity contribution in [3.63, 3.8) is 0 Å². The predicted molar refractivity (Wildman–Crippen MR) is 36.7 cm³/mol. The Balaban J connectivity index is -0.0000000667. The van der Waals surface area contributed by atoms with Gasteiger partial charge in [0.15, 0.2) is 0 Å². The van der Waals surface area contributed by atoms with Crippen molar-refractivity contribution in [2.24, 2.45) is 0 Å². The molecule has 0 amide bonds. The summed E-state index contributed by atoms with van der Waals surface area (Å²) < 4.78 is 0. The van der Waals surface area contributed by atoms with Crippen LogP contribution in [0.4, 0.5) is 17.8 Å². The van der Waals surface area contributed by atoms with Gasteiger partial charge in [-0.1, -0.05) is 0 Å². The van der Waals surface area contributed by atoms with Crippen LogP contribution < -0.4 is 0 Å². The molecule has 0 spiro atoms. The molecule has 0 saturated heterocycles. The van der Waals surface area contributed by atoms with E-state index in [9.17, 15) is 0 Å². The smallest absolute Gasteiger partial charge is 0.0246 e. The monoisotopic (exact) mass is 582 g/mol. The zero-order valence-electron chi connectivity index (χ0n) is 8.18. The Morgan fingerprint density at radius 1 is 0.800 bits per heavy atom. The van der Waals surface area contributed by atoms with E-state index in [1.54, 1.807) is 0 Å². The third-order valence-corrected chi connectivity index (χ3v) is 0.824. The number of aromatic nitrogens is 3. The maximum atomic E-state index is 6.94. The summed E-state index contributed by atoms with van der Waals surface area (Å²) in [4.78, 5) is 10.4. The maximum absolute atomic E-state index is 6.94. The van der Waals surface area contributed by atoms with E-state index in [0.29, 0.717) is 0 Å². The van der Waals surface area contributed by atoms with Crippen molar-refractivity contribution in [3.05, 3.63) is 16.8 Å². The van der Waals surface area contributed by atoms with Gasteiger partial charge in [-0.15, -0.1) is 0 Å². The summed E-state index contributed by atoms with van der Waals surface area (Å²) in [5, 5.41) is 3.59. The molecule has 15 heavy (non-hydrogen) atoms. The van der Waals surface area contributed by atoms with Crippen LogP contribution in [0.5, 0.6) is 0 Å². The number of hydrogen-bond acceptors (Lipinski definition) is 3. The molecule has 0 aliphatic carbocycles. The van der Waals surface area contributed by atoms with Crippen molar-refractivity contribution >= 4 is 17.8 Å². The molecule has 1 rings (SSSR count). The van der Waals surface area contributed by atoms with E-state index >= 15 is 0 Å². The Kier molecular flexibility index (Phi) is 37.5. The summed E-state index contributed by atoms with van der Waals surface area (Å²) in [5.41, 5.74) is 13.9. The summed E-state index contributed by atoms with van der Waals surface area (Å²) in [5.74, 6) is -0.314. The quantitative estimate of drug-likeness (QED) is 0.506. The maximum Gasteiger partial charge on any atom is 0.0246 e. The molecular weight excluding hydrogens is 577 g/mol. The van der Waals surface area contributed by atoms with Gasteiger partial charge in [0, 0.05) is 181 Å². The van der Waals surface area contributed by atoms with Gasteiger partial charge in [-0.25, -0.2) is 0 Å². The van der Waals surface area contributed by atoms with Crippen molar-refractivity contribution in [1.29, 1.82) is 0 Å². The van der Waals surface area contributed by atoms with E-state index in [1.165, 1.54) is 7.05 Å². The fourth-order valence-corrected chi connectivity index (χ4v) is 0.465. The molecule has 11 heteroatoms. The normalized spacial score (nSPS) is 6.20. The van der Waals surface area contributed by atoms with Crippen LogP contribution in [0.3, 0.4) is 0 Å². The second kappa shape index (κ2) is 17.9. The molecule has 0 saturated carbocycles. The topological polar surface area (TPSA) is 100 Å². The molecule has 1 aromatic rings. The Bertz CT molecular complexity index is 227.